The molecule has 0 aliphatic carbocycles. The lowest BCUT2D eigenvalue weighted by Crippen LogP contribution is -2.32. The number of carbonyl (C=O) groups is 2. The summed E-state index contributed by atoms with van der Waals surface area (Å²) < 4.78 is 11.8. The number of hydrogen-bond donors (Lipinski definition) is 1. The Balaban J connectivity index is 1.43. The quantitative estimate of drug-likeness (QED) is 0.473. The highest BCUT2D eigenvalue weighted by molar-refractivity contribution is 6.30. The van der Waals surface area contributed by atoms with Crippen molar-refractivity contribution in [3.63, 3.8) is 0 Å². The summed E-state index contributed by atoms with van der Waals surface area (Å²) in [5, 5.41) is 7.26. The van der Waals surface area contributed by atoms with Crippen molar-refractivity contribution in [2.45, 2.75) is 13.8 Å². The summed E-state index contributed by atoms with van der Waals surface area (Å²) in [5.41, 5.74) is 1.55. The number of hydrogen-bond acceptors (Lipinski definition) is 7. The highest BCUT2D eigenvalue weighted by Crippen LogP contribution is 2.15. The molecule has 10 heteroatoms. The molecule has 0 fully saturated rings. The topological polar surface area (TPSA) is 108 Å². The molecule has 0 atom stereocenters. The molecule has 0 saturated carbocycles. The van der Waals surface area contributed by atoms with Crippen molar-refractivity contribution in [3.05, 3.63) is 52.6 Å². The van der Waals surface area contributed by atoms with Crippen LogP contribution in [0.3, 0.4) is 0 Å². The van der Waals surface area contributed by atoms with Crippen LogP contribution in [0.5, 0.6) is 5.75 Å². The highest BCUT2D eigenvalue weighted by atomic mass is 35.5. The monoisotopic (exact) mass is 403 g/mol. The van der Waals surface area contributed by atoms with Gasteiger partial charge in [-0.25, -0.2) is 14.3 Å². The lowest BCUT2D eigenvalue weighted by molar-refractivity contribution is -0.124. The fourth-order valence-corrected chi connectivity index (χ4v) is 2.52. The van der Waals surface area contributed by atoms with E-state index in [9.17, 15) is 9.59 Å². The van der Waals surface area contributed by atoms with Gasteiger partial charge in [-0.1, -0.05) is 11.6 Å². The molecule has 1 N–H and O–H groups in total. The number of fused-ring (bicyclic) bond motifs is 1. The molecule has 0 aliphatic rings. The normalized spacial score (nSPS) is 10.7. The number of amides is 1. The fourth-order valence-electron chi connectivity index (χ4n) is 2.39. The minimum atomic E-state index is -0.796. The van der Waals surface area contributed by atoms with Crippen molar-refractivity contribution in [1.82, 2.24) is 24.9 Å². The predicted molar refractivity (Wildman–Crippen MR) is 100 cm³/mol. The van der Waals surface area contributed by atoms with Gasteiger partial charge in [-0.3, -0.25) is 4.79 Å². The van der Waals surface area contributed by atoms with Crippen LogP contribution in [-0.4, -0.2) is 51.2 Å². The number of benzene rings is 1. The van der Waals surface area contributed by atoms with Crippen LogP contribution in [0.2, 0.25) is 5.02 Å². The van der Waals surface area contributed by atoms with E-state index in [0.717, 1.165) is 11.4 Å². The van der Waals surface area contributed by atoms with Gasteiger partial charge in [0.2, 0.25) is 0 Å². The second-order valence-electron chi connectivity index (χ2n) is 5.91. The van der Waals surface area contributed by atoms with Gasteiger partial charge in [0.1, 0.15) is 12.4 Å². The summed E-state index contributed by atoms with van der Waals surface area (Å²) in [4.78, 5) is 32.1. The molecule has 1 amide bonds. The van der Waals surface area contributed by atoms with E-state index in [1.54, 1.807) is 24.3 Å². The van der Waals surface area contributed by atoms with Crippen LogP contribution in [0.15, 0.2) is 30.3 Å². The maximum absolute atomic E-state index is 12.1. The second-order valence-corrected chi connectivity index (χ2v) is 6.35. The van der Waals surface area contributed by atoms with Gasteiger partial charge < -0.3 is 14.8 Å². The molecule has 3 aromatic rings. The summed E-state index contributed by atoms with van der Waals surface area (Å²) in [5.74, 6) is -0.465. The van der Waals surface area contributed by atoms with E-state index in [0.29, 0.717) is 16.5 Å². The number of carbonyl (C=O) groups excluding carboxylic acids is 2. The zero-order valence-electron chi connectivity index (χ0n) is 15.3. The Labute approximate surface area is 165 Å². The van der Waals surface area contributed by atoms with E-state index >= 15 is 0 Å². The van der Waals surface area contributed by atoms with E-state index in [1.165, 1.54) is 4.52 Å². The number of nitrogens with one attached hydrogen (secondary N) is 1. The first kappa shape index (κ1) is 19.6. The number of esters is 1. The smallest absolute Gasteiger partial charge is 0.378 e. The SMILES string of the molecule is Cc1cc(C)n2nc(C(=O)OCC(=O)NCCOc3ccc(Cl)cc3)nc2n1. The van der Waals surface area contributed by atoms with Gasteiger partial charge in [0.15, 0.2) is 6.61 Å². The van der Waals surface area contributed by atoms with Gasteiger partial charge in [0, 0.05) is 16.4 Å². The van der Waals surface area contributed by atoms with Crippen LogP contribution in [0.4, 0.5) is 0 Å². The molecular formula is C18H18ClN5O4. The largest absolute Gasteiger partial charge is 0.492 e. The van der Waals surface area contributed by atoms with Crippen LogP contribution in [0, 0.1) is 13.8 Å². The third-order valence-electron chi connectivity index (χ3n) is 3.64. The molecule has 0 radical (unpaired) electrons. The molecule has 3 rings (SSSR count). The van der Waals surface area contributed by atoms with E-state index in [-0.39, 0.29) is 19.0 Å². The molecule has 146 valence electrons. The average Bonchev–Trinajstić information content (AvgIpc) is 3.09. The van der Waals surface area contributed by atoms with Crippen molar-refractivity contribution >= 4 is 29.3 Å². The van der Waals surface area contributed by atoms with Crippen LogP contribution < -0.4 is 10.1 Å². The molecule has 0 saturated heterocycles. The second kappa shape index (κ2) is 8.66. The average molecular weight is 404 g/mol. The van der Waals surface area contributed by atoms with Gasteiger partial charge in [-0.15, -0.1) is 5.10 Å². The number of aromatic nitrogens is 4. The number of nitrogens with zero attached hydrogens (tertiary/aromatic N) is 4. The van der Waals surface area contributed by atoms with Gasteiger partial charge in [-0.2, -0.15) is 4.98 Å². The number of rotatable bonds is 7. The maximum atomic E-state index is 12.1. The molecule has 0 spiro atoms. The van der Waals surface area contributed by atoms with E-state index < -0.39 is 18.5 Å². The summed E-state index contributed by atoms with van der Waals surface area (Å²) in [6.45, 7) is 3.72. The van der Waals surface area contributed by atoms with Crippen LogP contribution in [-0.2, 0) is 9.53 Å². The number of halogens is 1. The van der Waals surface area contributed by atoms with Crippen LogP contribution in [0.1, 0.15) is 22.0 Å². The van der Waals surface area contributed by atoms with Crippen molar-refractivity contribution in [2.24, 2.45) is 0 Å². The van der Waals surface area contributed by atoms with Gasteiger partial charge >= 0.3 is 5.97 Å². The maximum Gasteiger partial charge on any atom is 0.378 e. The predicted octanol–water partition coefficient (Wildman–Crippen LogP) is 1.75. The highest BCUT2D eigenvalue weighted by Gasteiger charge is 2.17. The summed E-state index contributed by atoms with van der Waals surface area (Å²) in [7, 11) is 0. The summed E-state index contributed by atoms with van der Waals surface area (Å²) in [6.07, 6.45) is 0. The first-order valence-corrected chi connectivity index (χ1v) is 8.83. The van der Waals surface area contributed by atoms with Gasteiger partial charge in [0.25, 0.3) is 17.5 Å². The molecule has 0 bridgehead atoms. The third kappa shape index (κ3) is 4.95. The Kier molecular flexibility index (Phi) is 6.05. The van der Waals surface area contributed by atoms with Crippen LogP contribution in [0.25, 0.3) is 5.78 Å². The minimum Gasteiger partial charge on any atom is -0.492 e. The Morgan fingerprint density at radius 1 is 1.18 bits per heavy atom. The summed E-state index contributed by atoms with van der Waals surface area (Å²) in [6, 6.07) is 8.69. The van der Waals surface area contributed by atoms with E-state index in [4.69, 9.17) is 21.1 Å². The first-order valence-electron chi connectivity index (χ1n) is 8.45. The van der Waals surface area contributed by atoms with Crippen molar-refractivity contribution in [2.75, 3.05) is 19.8 Å². The molecule has 0 aliphatic heterocycles. The molecule has 28 heavy (non-hydrogen) atoms. The first-order chi connectivity index (χ1) is 13.4. The molecular weight excluding hydrogens is 386 g/mol. The van der Waals surface area contributed by atoms with Gasteiger partial charge in [0.05, 0.1) is 6.54 Å². The Morgan fingerprint density at radius 3 is 2.68 bits per heavy atom. The van der Waals surface area contributed by atoms with Crippen LogP contribution >= 0.6 is 11.6 Å². The van der Waals surface area contributed by atoms with Crippen molar-refractivity contribution < 1.29 is 19.1 Å². The fraction of sp³-hybridized carbons (Fsp3) is 0.278. The lowest BCUT2D eigenvalue weighted by atomic mass is 10.3. The molecule has 2 heterocycles. The molecule has 9 nitrogen and oxygen atoms in total. The molecule has 2 aromatic heterocycles. The molecule has 1 aromatic carbocycles. The van der Waals surface area contributed by atoms with E-state index in [2.05, 4.69) is 20.4 Å². The Bertz CT molecular complexity index is 1000. The summed E-state index contributed by atoms with van der Waals surface area (Å²) >= 11 is 5.79. The zero-order chi connectivity index (χ0) is 20.1. The van der Waals surface area contributed by atoms with Crippen molar-refractivity contribution in [1.29, 1.82) is 0 Å². The zero-order valence-corrected chi connectivity index (χ0v) is 16.1. The number of aryl methyl sites for hydroxylation is 2. The Hall–Kier alpha value is -3.20. The standard InChI is InChI=1S/C18H18ClN5O4/c1-11-9-12(2)24-18(21-11)22-16(23-24)17(26)28-10-15(25)20-7-8-27-14-5-3-13(19)4-6-14/h3-6,9H,7-8,10H2,1-2H3,(H,20,25). The van der Waals surface area contributed by atoms with E-state index in [1.807, 2.05) is 19.9 Å². The third-order valence-corrected chi connectivity index (χ3v) is 3.89. The number of ether oxygens (including phenoxy) is 2. The minimum absolute atomic E-state index is 0.153. The lowest BCUT2D eigenvalue weighted by Gasteiger charge is -2.08. The Morgan fingerprint density at radius 2 is 1.93 bits per heavy atom. The molecule has 0 unspecified atom stereocenters. The van der Waals surface area contributed by atoms with Gasteiger partial charge in [-0.05, 0) is 44.2 Å². The van der Waals surface area contributed by atoms with Crippen molar-refractivity contribution in [3.8, 4) is 5.75 Å².